The molecule has 72 valence electrons. The molecule has 0 bridgehead atoms. The topological polar surface area (TPSA) is 50.9 Å². The highest BCUT2D eigenvalue weighted by atomic mass is 32.1. The van der Waals surface area contributed by atoms with Crippen LogP contribution in [-0.4, -0.2) is 4.98 Å². The van der Waals surface area contributed by atoms with Crippen molar-refractivity contribution in [3.05, 3.63) is 35.5 Å². The van der Waals surface area contributed by atoms with Gasteiger partial charge < -0.3 is 0 Å². The highest BCUT2D eigenvalue weighted by molar-refractivity contribution is 7.14. The van der Waals surface area contributed by atoms with Crippen molar-refractivity contribution in [3.8, 4) is 11.3 Å². The molecule has 0 amide bonds. The Balaban J connectivity index is 2.44. The second kappa shape index (κ2) is 3.73. The van der Waals surface area contributed by atoms with E-state index in [1.807, 2.05) is 0 Å². The number of benzene rings is 1. The molecule has 0 unspecified atom stereocenters. The summed E-state index contributed by atoms with van der Waals surface area (Å²) in [6.07, 6.45) is 0. The molecule has 0 aliphatic carbocycles. The van der Waals surface area contributed by atoms with Gasteiger partial charge in [-0.3, -0.25) is 5.43 Å². The summed E-state index contributed by atoms with van der Waals surface area (Å²) in [6, 6.07) is 6.51. The number of halogens is 1. The summed E-state index contributed by atoms with van der Waals surface area (Å²) >= 11 is 1.34. The van der Waals surface area contributed by atoms with Crippen molar-refractivity contribution in [3.63, 3.8) is 0 Å². The fourth-order valence-corrected chi connectivity index (χ4v) is 1.75. The monoisotopic (exact) mass is 209 g/mol. The molecule has 0 saturated carbocycles. The number of nitrogens with one attached hydrogen (secondary N) is 1. The summed E-state index contributed by atoms with van der Waals surface area (Å²) in [4.78, 5) is 4.10. The van der Waals surface area contributed by atoms with Crippen LogP contribution in [0.25, 0.3) is 11.3 Å². The van der Waals surface area contributed by atoms with Gasteiger partial charge in [-0.15, -0.1) is 11.3 Å². The van der Waals surface area contributed by atoms with E-state index in [0.717, 1.165) is 0 Å². The van der Waals surface area contributed by atoms with Gasteiger partial charge in [0.15, 0.2) is 5.13 Å². The zero-order chi connectivity index (χ0) is 9.97. The first-order valence-corrected chi connectivity index (χ1v) is 4.86. The minimum absolute atomic E-state index is 0.277. The van der Waals surface area contributed by atoms with Crippen molar-refractivity contribution >= 4 is 16.5 Å². The minimum atomic E-state index is -0.277. The van der Waals surface area contributed by atoms with Gasteiger partial charge in [0.25, 0.3) is 0 Å². The predicted octanol–water partition coefficient (Wildman–Crippen LogP) is 2.23. The van der Waals surface area contributed by atoms with Gasteiger partial charge in [-0.1, -0.05) is 12.1 Å². The van der Waals surface area contributed by atoms with Gasteiger partial charge in [-0.25, -0.2) is 15.2 Å². The van der Waals surface area contributed by atoms with Gasteiger partial charge in [-0.05, 0) is 12.1 Å². The predicted molar refractivity (Wildman–Crippen MR) is 55.3 cm³/mol. The van der Waals surface area contributed by atoms with Gasteiger partial charge in [0.2, 0.25) is 0 Å². The first-order chi connectivity index (χ1) is 6.81. The number of aromatic nitrogens is 1. The fraction of sp³-hybridized carbons (Fsp3) is 0. The number of rotatable bonds is 2. The van der Waals surface area contributed by atoms with E-state index in [0.29, 0.717) is 16.4 Å². The Labute approximate surface area is 84.4 Å². The van der Waals surface area contributed by atoms with E-state index in [4.69, 9.17) is 5.84 Å². The average Bonchev–Trinajstić information content (AvgIpc) is 2.67. The zero-order valence-electron chi connectivity index (χ0n) is 7.20. The maximum atomic E-state index is 13.3. The molecule has 3 nitrogen and oxygen atoms in total. The highest BCUT2D eigenvalue weighted by Crippen LogP contribution is 2.25. The lowest BCUT2D eigenvalue weighted by Crippen LogP contribution is -2.05. The molecule has 14 heavy (non-hydrogen) atoms. The maximum absolute atomic E-state index is 13.3. The van der Waals surface area contributed by atoms with Crippen molar-refractivity contribution in [1.29, 1.82) is 0 Å². The zero-order valence-corrected chi connectivity index (χ0v) is 8.01. The molecule has 1 aromatic carbocycles. The quantitative estimate of drug-likeness (QED) is 0.589. The summed E-state index contributed by atoms with van der Waals surface area (Å²) in [5.74, 6) is 4.91. The lowest BCUT2D eigenvalue weighted by atomic mass is 10.2. The molecule has 0 aliphatic rings. The number of anilines is 1. The molecule has 2 rings (SSSR count). The van der Waals surface area contributed by atoms with Crippen molar-refractivity contribution in [2.75, 3.05) is 5.43 Å². The van der Waals surface area contributed by atoms with Crippen molar-refractivity contribution < 1.29 is 4.39 Å². The third-order valence-electron chi connectivity index (χ3n) is 1.78. The van der Waals surface area contributed by atoms with Gasteiger partial charge in [-0.2, -0.15) is 0 Å². The maximum Gasteiger partial charge on any atom is 0.197 e. The van der Waals surface area contributed by atoms with Crippen LogP contribution < -0.4 is 11.3 Å². The number of thiazole rings is 1. The van der Waals surface area contributed by atoms with Crippen LogP contribution in [0.3, 0.4) is 0 Å². The Bertz CT molecular complexity index is 441. The Hall–Kier alpha value is -1.46. The van der Waals surface area contributed by atoms with Crippen molar-refractivity contribution in [2.45, 2.75) is 0 Å². The van der Waals surface area contributed by atoms with Crippen LogP contribution in [0.4, 0.5) is 9.52 Å². The summed E-state index contributed by atoms with van der Waals surface area (Å²) in [5, 5.41) is 2.33. The largest absolute Gasteiger partial charge is 0.300 e. The SMILES string of the molecule is NNc1nc(-c2ccccc2F)cs1. The first kappa shape index (κ1) is 9.11. The normalized spacial score (nSPS) is 10.1. The second-order valence-corrected chi connectivity index (χ2v) is 3.52. The Morgan fingerprint density at radius 2 is 2.14 bits per heavy atom. The van der Waals surface area contributed by atoms with Crippen LogP contribution in [0.5, 0.6) is 0 Å². The molecular formula is C9H8FN3S. The van der Waals surface area contributed by atoms with Gasteiger partial charge in [0.1, 0.15) is 5.82 Å². The summed E-state index contributed by atoms with van der Waals surface area (Å²) in [7, 11) is 0. The van der Waals surface area contributed by atoms with Crippen LogP contribution >= 0.6 is 11.3 Å². The highest BCUT2D eigenvalue weighted by Gasteiger charge is 2.07. The lowest BCUT2D eigenvalue weighted by molar-refractivity contribution is 0.631. The number of hydrogen-bond acceptors (Lipinski definition) is 4. The number of hydrogen-bond donors (Lipinski definition) is 2. The van der Waals surface area contributed by atoms with Gasteiger partial charge >= 0.3 is 0 Å². The van der Waals surface area contributed by atoms with Crippen LogP contribution in [0.15, 0.2) is 29.6 Å². The third kappa shape index (κ3) is 1.59. The molecular weight excluding hydrogens is 201 g/mol. The van der Waals surface area contributed by atoms with E-state index in [2.05, 4.69) is 10.4 Å². The molecule has 1 heterocycles. The standard InChI is InChI=1S/C9H8FN3S/c10-7-4-2-1-3-6(7)8-5-14-9(12-8)13-11/h1-5H,11H2,(H,12,13). The third-order valence-corrected chi connectivity index (χ3v) is 2.55. The first-order valence-electron chi connectivity index (χ1n) is 3.98. The van der Waals surface area contributed by atoms with Gasteiger partial charge in [0, 0.05) is 10.9 Å². The van der Waals surface area contributed by atoms with Crippen LogP contribution in [0.2, 0.25) is 0 Å². The van der Waals surface area contributed by atoms with E-state index in [1.165, 1.54) is 17.4 Å². The van der Waals surface area contributed by atoms with Crippen LogP contribution in [0.1, 0.15) is 0 Å². The summed E-state index contributed by atoms with van der Waals surface area (Å²) in [5.41, 5.74) is 3.51. The van der Waals surface area contributed by atoms with E-state index in [-0.39, 0.29) is 5.82 Å². The molecule has 0 aliphatic heterocycles. The molecule has 0 atom stereocenters. The minimum Gasteiger partial charge on any atom is -0.300 e. The van der Waals surface area contributed by atoms with Crippen LogP contribution in [-0.2, 0) is 0 Å². The van der Waals surface area contributed by atoms with Gasteiger partial charge in [0.05, 0.1) is 5.69 Å². The molecule has 5 heteroatoms. The molecule has 0 radical (unpaired) electrons. The number of nitrogens with two attached hydrogens (primary N) is 1. The van der Waals surface area contributed by atoms with E-state index in [1.54, 1.807) is 23.6 Å². The van der Waals surface area contributed by atoms with E-state index in [9.17, 15) is 4.39 Å². The number of nitrogen functional groups attached to an aromatic ring is 1. The number of hydrazine groups is 1. The molecule has 0 saturated heterocycles. The Morgan fingerprint density at radius 1 is 1.36 bits per heavy atom. The molecule has 3 N–H and O–H groups in total. The molecule has 2 aromatic rings. The van der Waals surface area contributed by atoms with Crippen LogP contribution in [0, 0.1) is 5.82 Å². The average molecular weight is 209 g/mol. The molecule has 0 fully saturated rings. The Kier molecular flexibility index (Phi) is 2.43. The fourth-order valence-electron chi connectivity index (χ4n) is 1.13. The molecule has 1 aromatic heterocycles. The number of nitrogens with zero attached hydrogens (tertiary/aromatic N) is 1. The lowest BCUT2D eigenvalue weighted by Gasteiger charge is -1.97. The molecule has 0 spiro atoms. The van der Waals surface area contributed by atoms with E-state index < -0.39 is 0 Å². The van der Waals surface area contributed by atoms with E-state index >= 15 is 0 Å². The smallest absolute Gasteiger partial charge is 0.197 e. The second-order valence-electron chi connectivity index (χ2n) is 2.66. The summed E-state index contributed by atoms with van der Waals surface area (Å²) in [6.45, 7) is 0. The Morgan fingerprint density at radius 3 is 2.79 bits per heavy atom. The van der Waals surface area contributed by atoms with Crippen molar-refractivity contribution in [1.82, 2.24) is 4.98 Å². The summed E-state index contributed by atoms with van der Waals surface area (Å²) < 4.78 is 13.3. The van der Waals surface area contributed by atoms with Crippen molar-refractivity contribution in [2.24, 2.45) is 5.84 Å².